The molecule has 1 amide bonds. The summed E-state index contributed by atoms with van der Waals surface area (Å²) in [5, 5.41) is 11.1. The number of ether oxygens (including phenoxy) is 1. The van der Waals surface area contributed by atoms with Gasteiger partial charge in [0.25, 0.3) is 11.7 Å². The van der Waals surface area contributed by atoms with Gasteiger partial charge in [0.2, 0.25) is 0 Å². The van der Waals surface area contributed by atoms with Gasteiger partial charge in [0, 0.05) is 36.9 Å². The molecule has 36 heavy (non-hydrogen) atoms. The third-order valence-electron chi connectivity index (χ3n) is 6.01. The highest BCUT2D eigenvalue weighted by Gasteiger charge is 2.46. The van der Waals surface area contributed by atoms with E-state index in [1.807, 2.05) is 48.5 Å². The first-order valence-corrected chi connectivity index (χ1v) is 11.5. The van der Waals surface area contributed by atoms with Crippen molar-refractivity contribution >= 4 is 17.4 Å². The maximum Gasteiger partial charge on any atom is 0.295 e. The van der Waals surface area contributed by atoms with Gasteiger partial charge in [-0.2, -0.15) is 0 Å². The smallest absolute Gasteiger partial charge is 0.295 e. The lowest BCUT2D eigenvalue weighted by Crippen LogP contribution is -2.29. The molecule has 4 aromatic rings. The molecule has 0 bridgehead atoms. The topological polar surface area (TPSA) is 92.6 Å². The number of aliphatic hydroxyl groups is 1. The number of hydrogen-bond acceptors (Lipinski definition) is 6. The molecule has 1 N–H and O–H groups in total. The van der Waals surface area contributed by atoms with E-state index in [0.717, 1.165) is 11.1 Å². The molecule has 1 fully saturated rings. The van der Waals surface area contributed by atoms with Crippen LogP contribution in [0.3, 0.4) is 0 Å². The Kier molecular flexibility index (Phi) is 6.53. The first-order valence-electron chi connectivity index (χ1n) is 11.5. The van der Waals surface area contributed by atoms with Gasteiger partial charge >= 0.3 is 0 Å². The van der Waals surface area contributed by atoms with Crippen molar-refractivity contribution in [2.45, 2.75) is 19.2 Å². The number of likely N-dealkylation sites (tertiary alicyclic amines) is 1. The van der Waals surface area contributed by atoms with Crippen molar-refractivity contribution in [1.29, 1.82) is 0 Å². The second-order valence-electron chi connectivity index (χ2n) is 8.37. The number of Topliss-reactive ketones (excluding diaryl/α,β-unsaturated/α-hetero) is 1. The maximum absolute atomic E-state index is 13.2. The van der Waals surface area contributed by atoms with Crippen molar-refractivity contribution in [3.63, 3.8) is 0 Å². The number of benzene rings is 2. The summed E-state index contributed by atoms with van der Waals surface area (Å²) in [6.07, 6.45) is 6.34. The Bertz CT molecular complexity index is 1390. The SMILES string of the molecule is O=C1C(=O)N(Cc2cccnc2)C(c2ccc(OCc3ccccc3)cc2)/C1=C(\O)c1ccncc1. The first-order chi connectivity index (χ1) is 17.6. The van der Waals surface area contributed by atoms with Gasteiger partial charge in [-0.15, -0.1) is 0 Å². The number of aromatic nitrogens is 2. The second kappa shape index (κ2) is 10.2. The molecule has 0 spiro atoms. The van der Waals surface area contributed by atoms with E-state index in [0.29, 0.717) is 23.5 Å². The van der Waals surface area contributed by atoms with Gasteiger partial charge in [0.1, 0.15) is 18.1 Å². The Morgan fingerprint density at radius 1 is 0.833 bits per heavy atom. The lowest BCUT2D eigenvalue weighted by atomic mass is 9.95. The molecule has 3 heterocycles. The van der Waals surface area contributed by atoms with Crippen LogP contribution in [0, 0.1) is 0 Å². The number of carbonyl (C=O) groups excluding carboxylic acids is 2. The number of rotatable bonds is 7. The summed E-state index contributed by atoms with van der Waals surface area (Å²) in [6, 6.07) is 23.1. The molecule has 1 unspecified atom stereocenters. The highest BCUT2D eigenvalue weighted by molar-refractivity contribution is 6.46. The number of pyridine rings is 2. The summed E-state index contributed by atoms with van der Waals surface area (Å²) < 4.78 is 5.89. The quantitative estimate of drug-likeness (QED) is 0.236. The predicted octanol–water partition coefficient (Wildman–Crippen LogP) is 4.68. The van der Waals surface area contributed by atoms with E-state index in [4.69, 9.17) is 4.74 Å². The lowest BCUT2D eigenvalue weighted by molar-refractivity contribution is -0.140. The van der Waals surface area contributed by atoms with Crippen molar-refractivity contribution < 1.29 is 19.4 Å². The van der Waals surface area contributed by atoms with E-state index < -0.39 is 17.7 Å². The van der Waals surface area contributed by atoms with E-state index in [1.165, 1.54) is 17.3 Å². The zero-order chi connectivity index (χ0) is 24.9. The lowest BCUT2D eigenvalue weighted by Gasteiger charge is -2.25. The van der Waals surface area contributed by atoms with Crippen LogP contribution in [-0.2, 0) is 22.7 Å². The number of carbonyl (C=O) groups is 2. The average Bonchev–Trinajstić information content (AvgIpc) is 3.18. The Morgan fingerprint density at radius 2 is 1.56 bits per heavy atom. The molecule has 1 aliphatic heterocycles. The van der Waals surface area contributed by atoms with E-state index in [9.17, 15) is 14.7 Å². The van der Waals surface area contributed by atoms with Gasteiger partial charge in [0.05, 0.1) is 11.6 Å². The minimum absolute atomic E-state index is 0.0352. The molecular weight excluding hydrogens is 454 g/mol. The Morgan fingerprint density at radius 3 is 2.25 bits per heavy atom. The van der Waals surface area contributed by atoms with Crippen LogP contribution >= 0.6 is 0 Å². The average molecular weight is 478 g/mol. The van der Waals surface area contributed by atoms with Crippen molar-refractivity contribution in [3.05, 3.63) is 131 Å². The number of amides is 1. The van der Waals surface area contributed by atoms with Gasteiger partial charge in [-0.1, -0.05) is 48.5 Å². The largest absolute Gasteiger partial charge is 0.507 e. The van der Waals surface area contributed by atoms with Crippen LogP contribution in [-0.4, -0.2) is 31.7 Å². The van der Waals surface area contributed by atoms with Crippen molar-refractivity contribution in [2.24, 2.45) is 0 Å². The third kappa shape index (κ3) is 4.72. The predicted molar refractivity (Wildman–Crippen MR) is 134 cm³/mol. The van der Waals surface area contributed by atoms with Crippen LogP contribution < -0.4 is 4.74 Å². The molecule has 178 valence electrons. The van der Waals surface area contributed by atoms with Crippen LogP contribution in [0.4, 0.5) is 0 Å². The Hall–Kier alpha value is -4.78. The number of ketones is 1. The molecule has 7 nitrogen and oxygen atoms in total. The minimum atomic E-state index is -0.776. The second-order valence-corrected chi connectivity index (χ2v) is 8.37. The molecule has 1 atom stereocenters. The van der Waals surface area contributed by atoms with Crippen LogP contribution in [0.1, 0.15) is 28.3 Å². The van der Waals surface area contributed by atoms with Crippen molar-refractivity contribution in [1.82, 2.24) is 14.9 Å². The summed E-state index contributed by atoms with van der Waals surface area (Å²) >= 11 is 0. The summed E-state index contributed by atoms with van der Waals surface area (Å²) in [6.45, 7) is 0.587. The van der Waals surface area contributed by atoms with Crippen LogP contribution in [0.15, 0.2) is 109 Å². The molecule has 0 saturated carbocycles. The fourth-order valence-electron chi connectivity index (χ4n) is 4.23. The summed E-state index contributed by atoms with van der Waals surface area (Å²) in [4.78, 5) is 35.9. The Labute approximate surface area is 208 Å². The van der Waals surface area contributed by atoms with Crippen molar-refractivity contribution in [3.8, 4) is 5.75 Å². The van der Waals surface area contributed by atoms with Crippen LogP contribution in [0.5, 0.6) is 5.75 Å². The van der Waals surface area contributed by atoms with Gasteiger partial charge in [-0.25, -0.2) is 0 Å². The summed E-state index contributed by atoms with van der Waals surface area (Å²) in [5.74, 6) is -0.994. The maximum atomic E-state index is 13.2. The summed E-state index contributed by atoms with van der Waals surface area (Å²) in [5.41, 5.74) is 2.95. The highest BCUT2D eigenvalue weighted by Crippen LogP contribution is 2.40. The van der Waals surface area contributed by atoms with E-state index in [1.54, 1.807) is 42.7 Å². The standard InChI is InChI=1S/C29H23N3O4/c33-27(23-12-15-30-16-13-23)25-26(32(29(35)28(25)34)18-21-7-4-14-31-17-21)22-8-10-24(11-9-22)36-19-20-5-2-1-3-6-20/h1-17,26,33H,18-19H2/b27-25+. The zero-order valence-corrected chi connectivity index (χ0v) is 19.3. The van der Waals surface area contributed by atoms with Gasteiger partial charge in [-0.3, -0.25) is 19.6 Å². The number of aliphatic hydroxyl groups excluding tert-OH is 1. The van der Waals surface area contributed by atoms with Crippen LogP contribution in [0.25, 0.3) is 5.76 Å². The summed E-state index contributed by atoms with van der Waals surface area (Å²) in [7, 11) is 0. The molecule has 1 aliphatic rings. The minimum Gasteiger partial charge on any atom is -0.507 e. The van der Waals surface area contributed by atoms with Crippen LogP contribution in [0.2, 0.25) is 0 Å². The van der Waals surface area contributed by atoms with Crippen molar-refractivity contribution in [2.75, 3.05) is 0 Å². The highest BCUT2D eigenvalue weighted by atomic mass is 16.5. The first kappa shape index (κ1) is 23.0. The molecule has 1 saturated heterocycles. The monoisotopic (exact) mass is 477 g/mol. The zero-order valence-electron chi connectivity index (χ0n) is 19.3. The molecule has 7 heteroatoms. The fourth-order valence-corrected chi connectivity index (χ4v) is 4.23. The Balaban J connectivity index is 1.50. The number of nitrogens with zero attached hydrogens (tertiary/aromatic N) is 3. The van der Waals surface area contributed by atoms with E-state index >= 15 is 0 Å². The molecular formula is C29H23N3O4. The fraction of sp³-hybridized carbons (Fsp3) is 0.103. The third-order valence-corrected chi connectivity index (χ3v) is 6.01. The molecule has 5 rings (SSSR count). The normalized spacial score (nSPS) is 16.8. The van der Waals surface area contributed by atoms with Gasteiger partial charge in [-0.05, 0) is 47.0 Å². The number of hydrogen-bond donors (Lipinski definition) is 1. The molecule has 0 aliphatic carbocycles. The van der Waals surface area contributed by atoms with E-state index in [-0.39, 0.29) is 17.9 Å². The van der Waals surface area contributed by atoms with Gasteiger partial charge in [0.15, 0.2) is 0 Å². The van der Waals surface area contributed by atoms with Gasteiger partial charge < -0.3 is 14.7 Å². The van der Waals surface area contributed by atoms with E-state index in [2.05, 4.69) is 9.97 Å². The molecule has 2 aromatic heterocycles. The molecule has 0 radical (unpaired) electrons. The molecule has 2 aromatic carbocycles.